The average Bonchev–Trinajstić information content (AvgIpc) is 2.10. The lowest BCUT2D eigenvalue weighted by Gasteiger charge is -2.11. The minimum Gasteiger partial charge on any atom is -0.387 e. The lowest BCUT2D eigenvalue weighted by atomic mass is 10.1. The van der Waals surface area contributed by atoms with E-state index in [1.165, 1.54) is 0 Å². The van der Waals surface area contributed by atoms with Gasteiger partial charge in [0.2, 0.25) is 0 Å². The van der Waals surface area contributed by atoms with Crippen molar-refractivity contribution in [1.82, 2.24) is 10.6 Å². The maximum atomic E-state index is 11.0. The van der Waals surface area contributed by atoms with Crippen molar-refractivity contribution in [1.29, 1.82) is 5.41 Å². The van der Waals surface area contributed by atoms with Crippen LogP contribution in [0.2, 0.25) is 0 Å². The van der Waals surface area contributed by atoms with Gasteiger partial charge in [-0.15, -0.1) is 0 Å². The molecule has 0 fully saturated rings. The number of rotatable bonds is 5. The van der Waals surface area contributed by atoms with Crippen LogP contribution in [0.25, 0.3) is 0 Å². The molecule has 0 heterocycles. The number of urea groups is 1. The summed E-state index contributed by atoms with van der Waals surface area (Å²) in [4.78, 5) is 11.0. The first-order chi connectivity index (χ1) is 6.07. The Morgan fingerprint density at radius 1 is 1.54 bits per heavy atom. The van der Waals surface area contributed by atoms with Crippen LogP contribution in [-0.4, -0.2) is 25.0 Å². The van der Waals surface area contributed by atoms with Crippen molar-refractivity contribution in [3.05, 3.63) is 0 Å². The molecule has 1 unspecified atom stereocenters. The predicted octanol–water partition coefficient (Wildman–Crippen LogP) is 0.268. The number of amidine groups is 1. The van der Waals surface area contributed by atoms with E-state index in [2.05, 4.69) is 10.6 Å². The summed E-state index contributed by atoms with van der Waals surface area (Å²) in [6.07, 6.45) is 0.912. The molecule has 0 aromatic rings. The van der Waals surface area contributed by atoms with Gasteiger partial charge in [-0.1, -0.05) is 13.8 Å². The van der Waals surface area contributed by atoms with Crippen molar-refractivity contribution in [2.24, 2.45) is 11.7 Å². The Hall–Kier alpha value is -1.26. The molecule has 0 spiro atoms. The van der Waals surface area contributed by atoms with E-state index in [-0.39, 0.29) is 17.8 Å². The van der Waals surface area contributed by atoms with Crippen LogP contribution < -0.4 is 16.4 Å². The third-order valence-electron chi connectivity index (χ3n) is 1.64. The largest absolute Gasteiger partial charge is 0.387 e. The first-order valence-electron chi connectivity index (χ1n) is 4.43. The third-order valence-corrected chi connectivity index (χ3v) is 1.64. The van der Waals surface area contributed by atoms with E-state index in [0.29, 0.717) is 13.1 Å². The van der Waals surface area contributed by atoms with Gasteiger partial charge in [-0.2, -0.15) is 0 Å². The quantitative estimate of drug-likeness (QED) is 0.366. The molecule has 0 aliphatic heterocycles. The van der Waals surface area contributed by atoms with Crippen LogP contribution in [0, 0.1) is 11.3 Å². The van der Waals surface area contributed by atoms with E-state index in [4.69, 9.17) is 11.1 Å². The molecule has 2 amide bonds. The normalized spacial score (nSPS) is 11.8. The summed E-state index contributed by atoms with van der Waals surface area (Å²) in [5, 5.41) is 12.4. The monoisotopic (exact) mass is 186 g/mol. The molecule has 0 aromatic heterocycles. The highest BCUT2D eigenvalue weighted by Gasteiger charge is 2.06. The van der Waals surface area contributed by atoms with Crippen molar-refractivity contribution in [3.8, 4) is 0 Å². The predicted molar refractivity (Wildman–Crippen MR) is 52.8 cm³/mol. The summed E-state index contributed by atoms with van der Waals surface area (Å²) in [5.41, 5.74) is 5.23. The van der Waals surface area contributed by atoms with E-state index in [1.807, 2.05) is 6.92 Å². The van der Waals surface area contributed by atoms with Crippen LogP contribution >= 0.6 is 0 Å². The number of carbonyl (C=O) groups is 1. The van der Waals surface area contributed by atoms with Gasteiger partial charge in [-0.05, 0) is 6.42 Å². The minimum absolute atomic E-state index is 0.0933. The number of nitrogens with one attached hydrogen (secondary N) is 3. The van der Waals surface area contributed by atoms with Crippen LogP contribution in [0.1, 0.15) is 20.3 Å². The number of amides is 2. The highest BCUT2D eigenvalue weighted by Crippen LogP contribution is 1.89. The number of carbonyl (C=O) groups excluding carboxylic acids is 1. The van der Waals surface area contributed by atoms with Crippen LogP contribution in [0.15, 0.2) is 0 Å². The second-order valence-electron chi connectivity index (χ2n) is 2.99. The maximum absolute atomic E-state index is 11.0. The highest BCUT2D eigenvalue weighted by atomic mass is 16.2. The molecule has 0 saturated carbocycles. The Bertz CT molecular complexity index is 181. The number of hydrogen-bond donors (Lipinski definition) is 4. The van der Waals surface area contributed by atoms with E-state index >= 15 is 0 Å². The van der Waals surface area contributed by atoms with Gasteiger partial charge in [0.15, 0.2) is 0 Å². The van der Waals surface area contributed by atoms with Crippen LogP contribution in [0.5, 0.6) is 0 Å². The molecule has 0 saturated heterocycles. The Morgan fingerprint density at radius 2 is 2.15 bits per heavy atom. The lowest BCUT2D eigenvalue weighted by Crippen LogP contribution is -2.40. The molecule has 1 atom stereocenters. The van der Waals surface area contributed by atoms with Gasteiger partial charge in [0.1, 0.15) is 0 Å². The van der Waals surface area contributed by atoms with Crippen LogP contribution in [0.3, 0.4) is 0 Å². The molecule has 13 heavy (non-hydrogen) atoms. The zero-order valence-corrected chi connectivity index (χ0v) is 8.18. The molecular formula is C8H18N4O. The van der Waals surface area contributed by atoms with E-state index in [0.717, 1.165) is 6.42 Å². The van der Waals surface area contributed by atoms with Crippen molar-refractivity contribution in [2.45, 2.75) is 20.3 Å². The van der Waals surface area contributed by atoms with Crippen LogP contribution in [-0.2, 0) is 0 Å². The summed E-state index contributed by atoms with van der Waals surface area (Å²) in [5.74, 6) is -0.0110. The molecule has 0 aliphatic carbocycles. The molecule has 5 N–H and O–H groups in total. The molecule has 0 aromatic carbocycles. The fraction of sp³-hybridized carbons (Fsp3) is 0.750. The summed E-state index contributed by atoms with van der Waals surface area (Å²) in [7, 11) is 0. The zero-order valence-electron chi connectivity index (χ0n) is 8.18. The van der Waals surface area contributed by atoms with E-state index in [1.54, 1.807) is 6.92 Å². The van der Waals surface area contributed by atoms with Gasteiger partial charge in [0.05, 0.1) is 5.84 Å². The molecule has 0 aliphatic rings. The minimum atomic E-state index is -0.199. The lowest BCUT2D eigenvalue weighted by molar-refractivity contribution is 0.240. The van der Waals surface area contributed by atoms with E-state index in [9.17, 15) is 4.79 Å². The number of nitrogens with two attached hydrogens (primary N) is 1. The van der Waals surface area contributed by atoms with Crippen molar-refractivity contribution < 1.29 is 4.79 Å². The molecule has 76 valence electrons. The van der Waals surface area contributed by atoms with Crippen molar-refractivity contribution in [2.75, 3.05) is 13.1 Å². The summed E-state index contributed by atoms with van der Waals surface area (Å²) < 4.78 is 0. The van der Waals surface area contributed by atoms with Crippen LogP contribution in [0.4, 0.5) is 4.79 Å². The molecule has 0 bridgehead atoms. The SMILES string of the molecule is CCCNC(=O)NCC(C)C(=N)N. The topological polar surface area (TPSA) is 91.0 Å². The van der Waals surface area contributed by atoms with Gasteiger partial charge in [-0.3, -0.25) is 5.41 Å². The Balaban J connectivity index is 3.52. The maximum Gasteiger partial charge on any atom is 0.314 e. The molecule has 5 heteroatoms. The van der Waals surface area contributed by atoms with Gasteiger partial charge < -0.3 is 16.4 Å². The standard InChI is InChI=1S/C8H18N4O/c1-3-4-11-8(13)12-5-6(2)7(9)10/h6H,3-5H2,1-2H3,(H3,9,10)(H2,11,12,13). The Morgan fingerprint density at radius 3 is 2.62 bits per heavy atom. The highest BCUT2D eigenvalue weighted by molar-refractivity contribution is 5.80. The fourth-order valence-electron chi connectivity index (χ4n) is 0.657. The zero-order chi connectivity index (χ0) is 10.3. The van der Waals surface area contributed by atoms with Gasteiger partial charge in [0.25, 0.3) is 0 Å². The second kappa shape index (κ2) is 6.28. The molecule has 0 radical (unpaired) electrons. The first-order valence-corrected chi connectivity index (χ1v) is 4.43. The number of hydrogen-bond acceptors (Lipinski definition) is 2. The smallest absolute Gasteiger partial charge is 0.314 e. The molecular weight excluding hydrogens is 168 g/mol. The summed E-state index contributed by atoms with van der Waals surface area (Å²) in [6, 6.07) is -0.199. The van der Waals surface area contributed by atoms with Gasteiger partial charge >= 0.3 is 6.03 Å². The van der Waals surface area contributed by atoms with Crippen molar-refractivity contribution >= 4 is 11.9 Å². The Kier molecular flexibility index (Phi) is 5.67. The van der Waals surface area contributed by atoms with Gasteiger partial charge in [0, 0.05) is 19.0 Å². The third kappa shape index (κ3) is 5.95. The molecule has 0 rings (SSSR count). The summed E-state index contributed by atoms with van der Waals surface area (Å²) in [6.45, 7) is 4.85. The second-order valence-corrected chi connectivity index (χ2v) is 2.99. The summed E-state index contributed by atoms with van der Waals surface area (Å²) >= 11 is 0. The average molecular weight is 186 g/mol. The van der Waals surface area contributed by atoms with Gasteiger partial charge in [-0.25, -0.2) is 4.79 Å². The first kappa shape index (κ1) is 11.7. The molecule has 5 nitrogen and oxygen atoms in total. The van der Waals surface area contributed by atoms with E-state index < -0.39 is 0 Å². The fourth-order valence-corrected chi connectivity index (χ4v) is 0.657. The van der Waals surface area contributed by atoms with Crippen molar-refractivity contribution in [3.63, 3.8) is 0 Å². The Labute approximate surface area is 78.6 Å².